The Hall–Kier alpha value is -3.35. The van der Waals surface area contributed by atoms with Gasteiger partial charge in [-0.15, -0.1) is 0 Å². The number of hydrogen-bond donors (Lipinski definition) is 9. The molecule has 12 atom stereocenters. The van der Waals surface area contributed by atoms with Crippen LogP contribution in [0.3, 0.4) is 0 Å². The number of hydrogen-bond acceptors (Lipinski definition) is 13. The number of aliphatic hydroxyl groups is 8. The van der Waals surface area contributed by atoms with Gasteiger partial charge in [0.2, 0.25) is 5.91 Å². The Kier molecular flexibility index (Phi) is 54.6. The van der Waals surface area contributed by atoms with Crippen molar-refractivity contribution in [3.8, 4) is 0 Å². The maximum absolute atomic E-state index is 13.3. The van der Waals surface area contributed by atoms with E-state index in [-0.39, 0.29) is 18.9 Å². The summed E-state index contributed by atoms with van der Waals surface area (Å²) in [5, 5.41) is 87.5. The third-order valence-electron chi connectivity index (χ3n) is 16.9. The number of allylic oxidation sites excluding steroid dienone is 17. The first-order valence-corrected chi connectivity index (χ1v) is 36.1. The first kappa shape index (κ1) is 82.7. The molecule has 0 aromatic carbocycles. The minimum atomic E-state index is -1.80. The fraction of sp³-hybridized carbons (Fsp3) is 0.750. The van der Waals surface area contributed by atoms with Gasteiger partial charge in [0.1, 0.15) is 48.8 Å². The Morgan fingerprint density at radius 3 is 1.22 bits per heavy atom. The molecular formula is C76H131NO13. The van der Waals surface area contributed by atoms with E-state index < -0.39 is 86.8 Å². The molecule has 90 heavy (non-hydrogen) atoms. The second kappa shape index (κ2) is 59.4. The maximum atomic E-state index is 13.3. The van der Waals surface area contributed by atoms with Crippen LogP contribution in [-0.4, -0.2) is 140 Å². The van der Waals surface area contributed by atoms with Crippen LogP contribution in [0.5, 0.6) is 0 Å². The van der Waals surface area contributed by atoms with Crippen LogP contribution in [0.4, 0.5) is 0 Å². The molecule has 14 nitrogen and oxygen atoms in total. The summed E-state index contributed by atoms with van der Waals surface area (Å²) in [6.07, 6.45) is 68.6. The van der Waals surface area contributed by atoms with E-state index in [1.807, 2.05) is 6.08 Å². The van der Waals surface area contributed by atoms with Crippen LogP contribution in [-0.2, 0) is 23.7 Å². The van der Waals surface area contributed by atoms with Gasteiger partial charge in [0.05, 0.1) is 32.0 Å². The highest BCUT2D eigenvalue weighted by atomic mass is 16.7. The molecule has 0 saturated carbocycles. The highest BCUT2D eigenvalue weighted by molar-refractivity contribution is 5.76. The molecule has 2 rings (SSSR count). The Labute approximate surface area is 546 Å². The lowest BCUT2D eigenvalue weighted by molar-refractivity contribution is -0.359. The number of carbonyl (C=O) groups is 1. The van der Waals surface area contributed by atoms with E-state index in [4.69, 9.17) is 18.9 Å². The molecule has 0 aromatic heterocycles. The quantitative estimate of drug-likeness (QED) is 0.0204. The van der Waals surface area contributed by atoms with Crippen molar-refractivity contribution >= 4 is 5.91 Å². The fourth-order valence-corrected chi connectivity index (χ4v) is 11.2. The highest BCUT2D eigenvalue weighted by Gasteiger charge is 2.51. The van der Waals surface area contributed by atoms with Crippen molar-refractivity contribution in [1.82, 2.24) is 5.32 Å². The second-order valence-corrected chi connectivity index (χ2v) is 25.0. The second-order valence-electron chi connectivity index (χ2n) is 25.0. The summed E-state index contributed by atoms with van der Waals surface area (Å²) in [7, 11) is 0. The predicted molar refractivity (Wildman–Crippen MR) is 369 cm³/mol. The number of ether oxygens (including phenoxy) is 4. The smallest absolute Gasteiger partial charge is 0.220 e. The molecule has 2 aliphatic rings. The van der Waals surface area contributed by atoms with Crippen LogP contribution >= 0.6 is 0 Å². The topological polar surface area (TPSA) is 228 Å². The number of amides is 1. The summed E-state index contributed by atoms with van der Waals surface area (Å²) in [6.45, 7) is 2.67. The molecular weight excluding hydrogens is 1130 g/mol. The molecule has 0 radical (unpaired) electrons. The van der Waals surface area contributed by atoms with E-state index in [2.05, 4.69) is 116 Å². The largest absolute Gasteiger partial charge is 0.394 e. The van der Waals surface area contributed by atoms with Crippen LogP contribution in [0.2, 0.25) is 0 Å². The van der Waals surface area contributed by atoms with Crippen LogP contribution in [0, 0.1) is 0 Å². The van der Waals surface area contributed by atoms with Gasteiger partial charge in [0.25, 0.3) is 0 Å². The molecule has 1 amide bonds. The van der Waals surface area contributed by atoms with Gasteiger partial charge in [-0.05, 0) is 96.3 Å². The fourth-order valence-electron chi connectivity index (χ4n) is 11.2. The number of carbonyl (C=O) groups excluding carboxylic acids is 1. The highest BCUT2D eigenvalue weighted by Crippen LogP contribution is 2.30. The lowest BCUT2D eigenvalue weighted by Crippen LogP contribution is -2.65. The molecule has 9 N–H and O–H groups in total. The first-order chi connectivity index (χ1) is 44.1. The molecule has 2 aliphatic heterocycles. The van der Waals surface area contributed by atoms with E-state index in [1.165, 1.54) is 141 Å². The zero-order chi connectivity index (χ0) is 65.2. The van der Waals surface area contributed by atoms with Gasteiger partial charge >= 0.3 is 0 Å². The van der Waals surface area contributed by atoms with Crippen molar-refractivity contribution in [2.24, 2.45) is 0 Å². The Balaban J connectivity index is 1.71. The van der Waals surface area contributed by atoms with Crippen LogP contribution in [0.15, 0.2) is 109 Å². The molecule has 12 unspecified atom stereocenters. The number of nitrogens with one attached hydrogen (secondary N) is 1. The number of unbranched alkanes of at least 4 members (excludes halogenated alkanes) is 29. The SMILES string of the molecule is CC/C=C\C/C=C\C/C=C\C/C=C\C/C=C\C/C=C\CCCCCCCCCCC(=O)NC(COC1OC(CO)C(OC2OC(CO)C(O)C(O)C2O)C(O)C1O)C(O)/C=C/CC/C=C/CC/C=C/CCCCCCCCCCCCCCCCCCCCC. The minimum absolute atomic E-state index is 0.253. The van der Waals surface area contributed by atoms with E-state index >= 15 is 0 Å². The van der Waals surface area contributed by atoms with Crippen molar-refractivity contribution in [3.63, 3.8) is 0 Å². The van der Waals surface area contributed by atoms with E-state index in [1.54, 1.807) is 6.08 Å². The third-order valence-corrected chi connectivity index (χ3v) is 16.9. The van der Waals surface area contributed by atoms with E-state index in [0.717, 1.165) is 96.3 Å². The molecule has 0 spiro atoms. The van der Waals surface area contributed by atoms with Gasteiger partial charge in [-0.25, -0.2) is 0 Å². The molecule has 0 aromatic rings. The summed E-state index contributed by atoms with van der Waals surface area (Å²) < 4.78 is 22.8. The van der Waals surface area contributed by atoms with Gasteiger partial charge in [-0.2, -0.15) is 0 Å². The summed E-state index contributed by atoms with van der Waals surface area (Å²) in [6, 6.07) is -0.952. The molecule has 14 heteroatoms. The zero-order valence-corrected chi connectivity index (χ0v) is 56.3. The molecule has 0 bridgehead atoms. The molecule has 2 fully saturated rings. The van der Waals surface area contributed by atoms with Gasteiger partial charge in [-0.3, -0.25) is 4.79 Å². The Morgan fingerprint density at radius 1 is 0.411 bits per heavy atom. The monoisotopic (exact) mass is 1270 g/mol. The van der Waals surface area contributed by atoms with Crippen molar-refractivity contribution in [1.29, 1.82) is 0 Å². The Bertz CT molecular complexity index is 1930. The van der Waals surface area contributed by atoms with Gasteiger partial charge in [0, 0.05) is 6.42 Å². The molecule has 2 saturated heterocycles. The lowest BCUT2D eigenvalue weighted by Gasteiger charge is -2.46. The van der Waals surface area contributed by atoms with Crippen LogP contribution < -0.4 is 5.32 Å². The van der Waals surface area contributed by atoms with Gasteiger partial charge in [0.15, 0.2) is 12.6 Å². The number of rotatable bonds is 58. The Morgan fingerprint density at radius 2 is 0.778 bits per heavy atom. The average Bonchev–Trinajstić information content (AvgIpc) is 1.41. The molecule has 2 heterocycles. The molecule has 0 aliphatic carbocycles. The first-order valence-electron chi connectivity index (χ1n) is 36.1. The van der Waals surface area contributed by atoms with Crippen molar-refractivity contribution in [2.75, 3.05) is 19.8 Å². The third kappa shape index (κ3) is 42.8. The van der Waals surface area contributed by atoms with E-state index in [0.29, 0.717) is 12.8 Å². The summed E-state index contributed by atoms with van der Waals surface area (Å²) in [5.41, 5.74) is 0. The van der Waals surface area contributed by atoms with E-state index in [9.17, 15) is 45.6 Å². The van der Waals surface area contributed by atoms with Crippen molar-refractivity contribution in [3.05, 3.63) is 109 Å². The van der Waals surface area contributed by atoms with Crippen LogP contribution in [0.1, 0.15) is 271 Å². The summed E-state index contributed by atoms with van der Waals surface area (Å²) in [5.74, 6) is -0.264. The van der Waals surface area contributed by atoms with Crippen molar-refractivity contribution in [2.45, 2.75) is 344 Å². The minimum Gasteiger partial charge on any atom is -0.394 e. The predicted octanol–water partition coefficient (Wildman–Crippen LogP) is 15.1. The van der Waals surface area contributed by atoms with Crippen molar-refractivity contribution < 1.29 is 64.6 Å². The average molecular weight is 1270 g/mol. The van der Waals surface area contributed by atoms with Gasteiger partial charge < -0.3 is 65.1 Å². The molecule has 518 valence electrons. The lowest BCUT2D eigenvalue weighted by atomic mass is 9.97. The maximum Gasteiger partial charge on any atom is 0.220 e. The normalized spacial score (nSPS) is 23.6. The van der Waals surface area contributed by atoms with Gasteiger partial charge in [-0.1, -0.05) is 277 Å². The van der Waals surface area contributed by atoms with Crippen LogP contribution in [0.25, 0.3) is 0 Å². The summed E-state index contributed by atoms with van der Waals surface area (Å²) in [4.78, 5) is 13.3. The standard InChI is InChI=1S/C76H131NO13/c1-3-5-7-9-11-13-15-17-19-21-23-25-27-29-31-32-34-35-37-39-41-43-45-47-49-51-53-55-57-59-65(80)64(63-87-75-73(86)71(84)74(67(62-79)89-75)90-76-72(85)70(83)69(82)66(61-78)88-76)77-68(81)60-58-56-54-52-50-48-46-44-42-40-38-36-33-30-28-26-24-22-20-18-16-14-12-10-8-6-4-2/h6,8,12,14,18,20,24,26,30,33,38,40-41,43,49,51,57,59,64-67,69-76,78-80,82-86H,3-5,7,9-11,13,15-17,19,21-23,25,27-29,31-32,34-37,39,42,44-48,50,52-56,58,60-63H2,1-2H3,(H,77,81)/b8-6-,14-12-,20-18-,26-24-,33-30-,40-38-,43-41+,51-49+,59-57+. The zero-order valence-electron chi connectivity index (χ0n) is 56.3. The number of aliphatic hydroxyl groups excluding tert-OH is 8. The summed E-state index contributed by atoms with van der Waals surface area (Å²) >= 11 is 0.